The Labute approximate surface area is 233 Å². The molecule has 1 atom stereocenters. The Morgan fingerprint density at radius 2 is 1.65 bits per heavy atom. The van der Waals surface area contributed by atoms with Crippen LogP contribution in [0.3, 0.4) is 0 Å². The molecule has 0 aliphatic carbocycles. The minimum atomic E-state index is -0.117. The maximum Gasteiger partial charge on any atom is 0.252 e. The number of pyridine rings is 1. The summed E-state index contributed by atoms with van der Waals surface area (Å²) in [5.41, 5.74) is 3.65. The number of hydrogen-bond donors (Lipinski definition) is 1. The number of nitrogens with one attached hydrogen (secondary N) is 1. The molecule has 5 aromatic rings. The van der Waals surface area contributed by atoms with E-state index in [4.69, 9.17) is 9.47 Å². The molecule has 0 saturated carbocycles. The maximum absolute atomic E-state index is 13.2. The summed E-state index contributed by atoms with van der Waals surface area (Å²) in [6.45, 7) is 3.80. The molecular formula is C31H34N6O3. The molecule has 0 bridgehead atoms. The highest BCUT2D eigenvalue weighted by Gasteiger charge is 2.26. The summed E-state index contributed by atoms with van der Waals surface area (Å²) in [5.74, 6) is 2.32. The number of aromatic nitrogens is 5. The smallest absolute Gasteiger partial charge is 0.252 e. The molecule has 0 radical (unpaired) electrons. The number of H-pyrrole nitrogens is 1. The van der Waals surface area contributed by atoms with Crippen molar-refractivity contribution in [3.63, 3.8) is 0 Å². The lowest BCUT2D eigenvalue weighted by atomic mass is 10.1. The van der Waals surface area contributed by atoms with Gasteiger partial charge in [0, 0.05) is 36.1 Å². The van der Waals surface area contributed by atoms with Gasteiger partial charge in [0.1, 0.15) is 11.5 Å². The first-order valence-corrected chi connectivity index (χ1v) is 13.4. The van der Waals surface area contributed by atoms with Crippen LogP contribution in [0.4, 0.5) is 0 Å². The molecule has 9 heteroatoms. The van der Waals surface area contributed by atoms with Gasteiger partial charge in [-0.25, -0.2) is 4.68 Å². The molecule has 0 aliphatic rings. The van der Waals surface area contributed by atoms with Gasteiger partial charge in [0.15, 0.2) is 5.82 Å². The molecule has 206 valence electrons. The van der Waals surface area contributed by atoms with E-state index in [1.807, 2.05) is 71.4 Å². The number of aromatic amines is 1. The average Bonchev–Trinajstić information content (AvgIpc) is 3.45. The fourth-order valence-electron chi connectivity index (χ4n) is 5.03. The van der Waals surface area contributed by atoms with Gasteiger partial charge in [0.2, 0.25) is 0 Å². The lowest BCUT2D eigenvalue weighted by Gasteiger charge is -2.30. The van der Waals surface area contributed by atoms with Gasteiger partial charge in [0.05, 0.1) is 20.3 Å². The van der Waals surface area contributed by atoms with E-state index in [1.54, 1.807) is 14.2 Å². The van der Waals surface area contributed by atoms with E-state index in [2.05, 4.69) is 44.5 Å². The van der Waals surface area contributed by atoms with E-state index in [9.17, 15) is 4.79 Å². The van der Waals surface area contributed by atoms with Crippen LogP contribution in [0.15, 0.2) is 83.7 Å². The SMILES string of the molecule is CC[C@@H](c1nnnn1CCc1ccccc1)N(Cc1ccc(OC)cc1)Cc1cc2cc(OC)ccc2[nH]c1=O. The van der Waals surface area contributed by atoms with Crippen LogP contribution in [0, 0.1) is 0 Å². The predicted octanol–water partition coefficient (Wildman–Crippen LogP) is 4.93. The molecule has 0 fully saturated rings. The molecule has 0 spiro atoms. The summed E-state index contributed by atoms with van der Waals surface area (Å²) in [5, 5.41) is 13.7. The van der Waals surface area contributed by atoms with Crippen molar-refractivity contribution in [2.45, 2.75) is 45.4 Å². The number of aryl methyl sites for hydroxylation is 2. The molecule has 1 N–H and O–H groups in total. The second kappa shape index (κ2) is 12.6. The van der Waals surface area contributed by atoms with Crippen LogP contribution >= 0.6 is 0 Å². The minimum absolute atomic E-state index is 0.115. The van der Waals surface area contributed by atoms with Crippen molar-refractivity contribution < 1.29 is 9.47 Å². The summed E-state index contributed by atoms with van der Waals surface area (Å²) in [6, 6.07) is 25.8. The van der Waals surface area contributed by atoms with Crippen LogP contribution in [0.1, 0.15) is 41.9 Å². The molecule has 0 aliphatic heterocycles. The quantitative estimate of drug-likeness (QED) is 0.241. The summed E-state index contributed by atoms with van der Waals surface area (Å²) in [6.07, 6.45) is 1.58. The Hall–Kier alpha value is -4.50. The van der Waals surface area contributed by atoms with Gasteiger partial charge in [-0.3, -0.25) is 9.69 Å². The van der Waals surface area contributed by atoms with Gasteiger partial charge in [-0.2, -0.15) is 0 Å². The second-order valence-corrected chi connectivity index (χ2v) is 9.75. The van der Waals surface area contributed by atoms with Crippen LogP contribution in [-0.2, 0) is 26.1 Å². The van der Waals surface area contributed by atoms with Crippen LogP contribution in [-0.4, -0.2) is 44.3 Å². The first-order chi connectivity index (χ1) is 19.6. The Kier molecular flexibility index (Phi) is 8.51. The highest BCUT2D eigenvalue weighted by atomic mass is 16.5. The number of methoxy groups -OCH3 is 2. The van der Waals surface area contributed by atoms with E-state index < -0.39 is 0 Å². The molecule has 5 rings (SSSR count). The highest BCUT2D eigenvalue weighted by molar-refractivity contribution is 5.80. The van der Waals surface area contributed by atoms with Gasteiger partial charge in [0.25, 0.3) is 5.56 Å². The normalized spacial score (nSPS) is 12.1. The van der Waals surface area contributed by atoms with Crippen molar-refractivity contribution in [2.75, 3.05) is 14.2 Å². The van der Waals surface area contributed by atoms with Crippen LogP contribution in [0.25, 0.3) is 10.9 Å². The van der Waals surface area contributed by atoms with Gasteiger partial charge in [-0.05, 0) is 70.8 Å². The number of nitrogens with zero attached hydrogens (tertiary/aromatic N) is 5. The zero-order valence-corrected chi connectivity index (χ0v) is 23.1. The number of ether oxygens (including phenoxy) is 2. The minimum Gasteiger partial charge on any atom is -0.497 e. The van der Waals surface area contributed by atoms with Crippen molar-refractivity contribution in [2.24, 2.45) is 0 Å². The number of rotatable bonds is 12. The maximum atomic E-state index is 13.2. The van der Waals surface area contributed by atoms with Gasteiger partial charge in [-0.15, -0.1) is 5.10 Å². The van der Waals surface area contributed by atoms with Gasteiger partial charge >= 0.3 is 0 Å². The molecule has 2 heterocycles. The van der Waals surface area contributed by atoms with E-state index in [1.165, 1.54) is 5.56 Å². The highest BCUT2D eigenvalue weighted by Crippen LogP contribution is 2.28. The first kappa shape index (κ1) is 27.1. The van der Waals surface area contributed by atoms with E-state index in [0.29, 0.717) is 25.2 Å². The molecule has 3 aromatic carbocycles. The molecule has 2 aromatic heterocycles. The van der Waals surface area contributed by atoms with Crippen molar-refractivity contribution >= 4 is 10.9 Å². The molecular weight excluding hydrogens is 504 g/mol. The second-order valence-electron chi connectivity index (χ2n) is 9.75. The summed E-state index contributed by atoms with van der Waals surface area (Å²) in [7, 11) is 3.29. The van der Waals surface area contributed by atoms with Crippen LogP contribution < -0.4 is 15.0 Å². The fraction of sp³-hybridized carbons (Fsp3) is 0.290. The summed E-state index contributed by atoms with van der Waals surface area (Å²) < 4.78 is 12.6. The predicted molar refractivity (Wildman–Crippen MR) is 154 cm³/mol. The number of tetrazole rings is 1. The Morgan fingerprint density at radius 3 is 2.38 bits per heavy atom. The van der Waals surface area contributed by atoms with Crippen molar-refractivity contribution in [3.05, 3.63) is 112 Å². The fourth-order valence-corrected chi connectivity index (χ4v) is 5.03. The topological polar surface area (TPSA) is 98.2 Å². The van der Waals surface area contributed by atoms with Gasteiger partial charge in [-0.1, -0.05) is 49.4 Å². The lowest BCUT2D eigenvalue weighted by Crippen LogP contribution is -2.32. The standard InChI is InChI=1S/C31H34N6O3/c1-4-29(30-33-34-35-37(30)17-16-22-8-6-5-7-9-22)36(20-23-10-12-26(39-2)13-11-23)21-25-18-24-19-27(40-3)14-15-28(24)32-31(25)38/h5-15,18-19,29H,4,16-17,20-21H2,1-3H3,(H,32,38)/t29-/m0/s1. The Morgan fingerprint density at radius 1 is 0.900 bits per heavy atom. The Balaban J connectivity index is 1.48. The molecule has 0 unspecified atom stereocenters. The first-order valence-electron chi connectivity index (χ1n) is 13.4. The van der Waals surface area contributed by atoms with E-state index in [-0.39, 0.29) is 11.6 Å². The van der Waals surface area contributed by atoms with Crippen molar-refractivity contribution in [1.29, 1.82) is 0 Å². The summed E-state index contributed by atoms with van der Waals surface area (Å²) >= 11 is 0. The van der Waals surface area contributed by atoms with Crippen LogP contribution in [0.5, 0.6) is 11.5 Å². The van der Waals surface area contributed by atoms with Crippen molar-refractivity contribution in [3.8, 4) is 11.5 Å². The molecule has 9 nitrogen and oxygen atoms in total. The number of fused-ring (bicyclic) bond motifs is 1. The zero-order valence-electron chi connectivity index (χ0n) is 23.1. The monoisotopic (exact) mass is 538 g/mol. The largest absolute Gasteiger partial charge is 0.497 e. The third-order valence-corrected chi connectivity index (χ3v) is 7.19. The van der Waals surface area contributed by atoms with E-state index >= 15 is 0 Å². The molecule has 0 amide bonds. The van der Waals surface area contributed by atoms with Gasteiger partial charge < -0.3 is 14.5 Å². The third-order valence-electron chi connectivity index (χ3n) is 7.19. The van der Waals surface area contributed by atoms with Crippen LogP contribution in [0.2, 0.25) is 0 Å². The summed E-state index contributed by atoms with van der Waals surface area (Å²) in [4.78, 5) is 18.5. The third kappa shape index (κ3) is 6.21. The zero-order chi connectivity index (χ0) is 27.9. The van der Waals surface area contributed by atoms with Crippen molar-refractivity contribution in [1.82, 2.24) is 30.1 Å². The van der Waals surface area contributed by atoms with E-state index in [0.717, 1.165) is 46.6 Å². The lowest BCUT2D eigenvalue weighted by molar-refractivity contribution is 0.160. The molecule has 0 saturated heterocycles. The average molecular weight is 539 g/mol. The Bertz CT molecular complexity index is 1600. The number of benzene rings is 3. The molecule has 40 heavy (non-hydrogen) atoms. The number of hydrogen-bond acceptors (Lipinski definition) is 7.